The quantitative estimate of drug-likeness (QED) is 0.581. The molecule has 1 rings (SSSR count). The first kappa shape index (κ1) is 10.5. The molecule has 0 N–H and O–H groups in total. The van der Waals surface area contributed by atoms with E-state index in [-0.39, 0.29) is 0 Å². The van der Waals surface area contributed by atoms with Crippen LogP contribution in [0.3, 0.4) is 0 Å². The van der Waals surface area contributed by atoms with E-state index in [9.17, 15) is 0 Å². The molecule has 1 aliphatic heterocycles. The normalized spacial score (nSPS) is 22.0. The molecule has 0 aromatic carbocycles. The molecule has 0 bridgehead atoms. The first-order valence-corrected chi connectivity index (χ1v) is 5.55. The minimum absolute atomic E-state index is 1.10. The smallest absolute Gasteiger partial charge is 0.0964 e. The van der Waals surface area contributed by atoms with Crippen molar-refractivity contribution in [3.63, 3.8) is 0 Å². The molecule has 0 spiro atoms. The number of hydrogen-bond donors (Lipinski definition) is 0. The minimum atomic E-state index is 1.10. The van der Waals surface area contributed by atoms with Crippen molar-refractivity contribution in [2.45, 2.75) is 39.5 Å². The van der Waals surface area contributed by atoms with E-state index in [1.807, 2.05) is 0 Å². The topological polar surface area (TPSA) is 0 Å². The van der Waals surface area contributed by atoms with Crippen molar-refractivity contribution in [3.8, 4) is 0 Å². The maximum atomic E-state index is 2.37. The summed E-state index contributed by atoms with van der Waals surface area (Å²) in [6, 6.07) is 0. The first-order chi connectivity index (χ1) is 6.33. The third-order valence-electron chi connectivity index (χ3n) is 2.67. The molecule has 0 saturated carbocycles. The number of allylic oxidation sites excluding steroid dienone is 2. The van der Waals surface area contributed by atoms with Crippen LogP contribution >= 0.6 is 0 Å². The summed E-state index contributed by atoms with van der Waals surface area (Å²) in [7, 11) is 0. The van der Waals surface area contributed by atoms with Gasteiger partial charge in [0.2, 0.25) is 0 Å². The monoisotopic (exact) mass is 180 g/mol. The van der Waals surface area contributed by atoms with E-state index in [4.69, 9.17) is 0 Å². The molecule has 74 valence electrons. The maximum Gasteiger partial charge on any atom is 0.0964 e. The Morgan fingerprint density at radius 2 is 1.38 bits per heavy atom. The Morgan fingerprint density at radius 1 is 0.923 bits per heavy atom. The van der Waals surface area contributed by atoms with Crippen LogP contribution in [0.15, 0.2) is 24.6 Å². The van der Waals surface area contributed by atoms with Crippen LogP contribution in [0.25, 0.3) is 0 Å². The van der Waals surface area contributed by atoms with Gasteiger partial charge >= 0.3 is 0 Å². The zero-order chi connectivity index (χ0) is 9.57. The fourth-order valence-electron chi connectivity index (χ4n) is 1.90. The van der Waals surface area contributed by atoms with Crippen LogP contribution in [-0.2, 0) is 0 Å². The second kappa shape index (κ2) is 5.23. The summed E-state index contributed by atoms with van der Waals surface area (Å²) in [4.78, 5) is 0. The van der Waals surface area contributed by atoms with Gasteiger partial charge in [-0.15, -0.1) is 0 Å². The van der Waals surface area contributed by atoms with Gasteiger partial charge in [-0.3, -0.25) is 4.48 Å². The lowest BCUT2D eigenvalue weighted by Gasteiger charge is -2.24. The van der Waals surface area contributed by atoms with Crippen molar-refractivity contribution in [1.29, 1.82) is 0 Å². The molecule has 0 aromatic rings. The molecule has 1 nitrogen and oxygen atoms in total. The van der Waals surface area contributed by atoms with Crippen molar-refractivity contribution in [2.24, 2.45) is 0 Å². The van der Waals surface area contributed by atoms with Crippen molar-refractivity contribution in [3.05, 3.63) is 24.6 Å². The van der Waals surface area contributed by atoms with Gasteiger partial charge in [0.15, 0.2) is 0 Å². The molecule has 1 aliphatic rings. The summed E-state index contributed by atoms with van der Waals surface area (Å²) in [5.41, 5.74) is 0. The Kier molecular flexibility index (Phi) is 4.23. The third-order valence-corrected chi connectivity index (χ3v) is 2.67. The Balaban J connectivity index is 2.63. The molecule has 0 aliphatic carbocycles. The van der Waals surface area contributed by atoms with Gasteiger partial charge in [-0.2, -0.15) is 0 Å². The molecule has 0 unspecified atom stereocenters. The molecule has 1 heteroatoms. The summed E-state index contributed by atoms with van der Waals surface area (Å²) < 4.78 is 1.10. The molecule has 13 heavy (non-hydrogen) atoms. The van der Waals surface area contributed by atoms with Crippen LogP contribution in [0.2, 0.25) is 0 Å². The number of likely N-dealkylation sites (tertiary alicyclic amines) is 1. The number of hydrogen-bond acceptors (Lipinski definition) is 0. The van der Waals surface area contributed by atoms with Crippen LogP contribution in [0.5, 0.6) is 0 Å². The molecule has 0 aromatic heterocycles. The van der Waals surface area contributed by atoms with E-state index < -0.39 is 0 Å². The molecule has 1 saturated heterocycles. The molecule has 0 amide bonds. The van der Waals surface area contributed by atoms with Crippen LogP contribution < -0.4 is 0 Å². The predicted octanol–water partition coefficient (Wildman–Crippen LogP) is 3.44. The lowest BCUT2D eigenvalue weighted by atomic mass is 10.4. The Morgan fingerprint density at radius 3 is 1.77 bits per heavy atom. The standard InChI is InChI=1S/C12H22N/c1-3-5-9-13(10-6-4-2)11-7-8-12-13/h5-6,9-10H,3-4,7-8,11-12H2,1-2H3/q+1. The zero-order valence-corrected chi connectivity index (χ0v) is 9.00. The van der Waals surface area contributed by atoms with Gasteiger partial charge in [0.1, 0.15) is 0 Å². The van der Waals surface area contributed by atoms with Crippen molar-refractivity contribution >= 4 is 0 Å². The van der Waals surface area contributed by atoms with Crippen molar-refractivity contribution < 1.29 is 4.48 Å². The van der Waals surface area contributed by atoms with Crippen molar-refractivity contribution in [1.82, 2.24) is 0 Å². The van der Waals surface area contributed by atoms with Gasteiger partial charge in [-0.05, 0) is 25.0 Å². The molecule has 0 radical (unpaired) electrons. The van der Waals surface area contributed by atoms with E-state index in [2.05, 4.69) is 38.4 Å². The van der Waals surface area contributed by atoms with Crippen molar-refractivity contribution in [2.75, 3.05) is 13.1 Å². The van der Waals surface area contributed by atoms with Crippen LogP contribution in [0, 0.1) is 0 Å². The average molecular weight is 180 g/mol. The predicted molar refractivity (Wildman–Crippen MR) is 58.1 cm³/mol. The maximum absolute atomic E-state index is 2.37. The van der Waals surface area contributed by atoms with E-state index in [0.717, 1.165) is 17.3 Å². The minimum Gasteiger partial charge on any atom is -0.272 e. The lowest BCUT2D eigenvalue weighted by Crippen LogP contribution is -2.32. The lowest BCUT2D eigenvalue weighted by molar-refractivity contribution is -0.814. The van der Waals surface area contributed by atoms with Crippen LogP contribution in [0.1, 0.15) is 39.5 Å². The Hall–Kier alpha value is -0.560. The van der Waals surface area contributed by atoms with Crippen LogP contribution in [0.4, 0.5) is 0 Å². The average Bonchev–Trinajstić information content (AvgIpc) is 2.61. The van der Waals surface area contributed by atoms with E-state index in [1.165, 1.54) is 25.9 Å². The van der Waals surface area contributed by atoms with Gasteiger partial charge in [0.05, 0.1) is 25.5 Å². The fraction of sp³-hybridized carbons (Fsp3) is 0.667. The third kappa shape index (κ3) is 3.00. The number of rotatable bonds is 4. The van der Waals surface area contributed by atoms with Crippen LogP contribution in [-0.4, -0.2) is 17.6 Å². The summed E-state index contributed by atoms with van der Waals surface area (Å²) in [6.07, 6.45) is 14.4. The highest BCUT2D eigenvalue weighted by Crippen LogP contribution is 2.21. The highest BCUT2D eigenvalue weighted by molar-refractivity contribution is 4.83. The molecule has 0 atom stereocenters. The van der Waals surface area contributed by atoms with E-state index >= 15 is 0 Å². The molecule has 1 heterocycles. The highest BCUT2D eigenvalue weighted by Gasteiger charge is 2.26. The SMILES string of the molecule is CCC=C[N+]1(C=CCC)CCCC1. The van der Waals surface area contributed by atoms with Gasteiger partial charge in [-0.25, -0.2) is 0 Å². The van der Waals surface area contributed by atoms with Gasteiger partial charge in [0, 0.05) is 12.8 Å². The second-order valence-electron chi connectivity index (χ2n) is 3.84. The van der Waals surface area contributed by atoms with Gasteiger partial charge in [-0.1, -0.05) is 13.8 Å². The zero-order valence-electron chi connectivity index (χ0n) is 9.00. The summed E-state index contributed by atoms with van der Waals surface area (Å²) in [6.45, 7) is 7.00. The fourth-order valence-corrected chi connectivity index (χ4v) is 1.90. The Labute approximate surface area is 82.3 Å². The Bertz CT molecular complexity index is 169. The number of nitrogens with zero attached hydrogens (tertiary/aromatic N) is 1. The largest absolute Gasteiger partial charge is 0.272 e. The molecular formula is C12H22N+. The second-order valence-corrected chi connectivity index (χ2v) is 3.84. The highest BCUT2D eigenvalue weighted by atomic mass is 15.3. The van der Waals surface area contributed by atoms with Gasteiger partial charge < -0.3 is 0 Å². The van der Waals surface area contributed by atoms with E-state index in [0.29, 0.717) is 0 Å². The summed E-state index contributed by atoms with van der Waals surface area (Å²) >= 11 is 0. The summed E-state index contributed by atoms with van der Waals surface area (Å²) in [5, 5.41) is 0. The summed E-state index contributed by atoms with van der Waals surface area (Å²) in [5.74, 6) is 0. The molecular weight excluding hydrogens is 158 g/mol. The van der Waals surface area contributed by atoms with E-state index in [1.54, 1.807) is 0 Å². The molecule has 1 fully saturated rings. The first-order valence-electron chi connectivity index (χ1n) is 5.55. The number of quaternary nitrogens is 1. The van der Waals surface area contributed by atoms with Gasteiger partial charge in [0.25, 0.3) is 0 Å².